The van der Waals surface area contributed by atoms with E-state index in [4.69, 9.17) is 0 Å². The van der Waals surface area contributed by atoms with Crippen LogP contribution in [0.5, 0.6) is 0 Å². The Morgan fingerprint density at radius 1 is 1.56 bits per heavy atom. The van der Waals surface area contributed by atoms with E-state index >= 15 is 0 Å². The highest BCUT2D eigenvalue weighted by Crippen LogP contribution is 2.33. The standard InChI is InChI=1S/C13H17NO2S2/c1-13(16)3-4-14(8-13)12(15)11-6-9-7-17-5-2-10(9)18-11/h6,16H,2-5,7-8H2,1H3. The van der Waals surface area contributed by atoms with Crippen molar-refractivity contribution in [3.05, 3.63) is 21.4 Å². The van der Waals surface area contributed by atoms with Gasteiger partial charge in [-0.1, -0.05) is 0 Å². The Labute approximate surface area is 115 Å². The second kappa shape index (κ2) is 4.54. The van der Waals surface area contributed by atoms with E-state index in [0.29, 0.717) is 19.5 Å². The average molecular weight is 283 g/mol. The van der Waals surface area contributed by atoms with E-state index in [1.807, 2.05) is 11.8 Å². The minimum atomic E-state index is -0.706. The van der Waals surface area contributed by atoms with Crippen LogP contribution in [0.1, 0.15) is 33.5 Å². The summed E-state index contributed by atoms with van der Waals surface area (Å²) >= 11 is 3.58. The second-order valence-corrected chi connectivity index (χ2v) is 7.58. The molecule has 98 valence electrons. The third-order valence-corrected chi connectivity index (χ3v) is 5.81. The van der Waals surface area contributed by atoms with Crippen LogP contribution in [0.15, 0.2) is 6.07 Å². The predicted octanol–water partition coefficient (Wildman–Crippen LogP) is 2.13. The zero-order chi connectivity index (χ0) is 12.8. The van der Waals surface area contributed by atoms with Crippen molar-refractivity contribution < 1.29 is 9.90 Å². The van der Waals surface area contributed by atoms with Crippen molar-refractivity contribution in [3.8, 4) is 0 Å². The quantitative estimate of drug-likeness (QED) is 0.858. The summed E-state index contributed by atoms with van der Waals surface area (Å²) in [6, 6.07) is 2.06. The Kier molecular flexibility index (Phi) is 3.16. The molecule has 2 aliphatic rings. The van der Waals surface area contributed by atoms with Crippen LogP contribution in [0, 0.1) is 0 Å². The highest BCUT2D eigenvalue weighted by atomic mass is 32.2. The summed E-state index contributed by atoms with van der Waals surface area (Å²) < 4.78 is 0. The molecule has 0 aromatic carbocycles. The van der Waals surface area contributed by atoms with Gasteiger partial charge in [0, 0.05) is 23.7 Å². The largest absolute Gasteiger partial charge is 0.388 e. The molecule has 1 atom stereocenters. The second-order valence-electron chi connectivity index (χ2n) is 5.34. The number of carbonyl (C=O) groups excluding carboxylic acids is 1. The van der Waals surface area contributed by atoms with Crippen molar-refractivity contribution in [2.24, 2.45) is 0 Å². The zero-order valence-corrected chi connectivity index (χ0v) is 12.1. The predicted molar refractivity (Wildman–Crippen MR) is 75.3 cm³/mol. The molecule has 1 saturated heterocycles. The minimum absolute atomic E-state index is 0.0946. The Morgan fingerprint density at radius 3 is 3.06 bits per heavy atom. The molecule has 1 amide bonds. The van der Waals surface area contributed by atoms with E-state index in [9.17, 15) is 9.90 Å². The summed E-state index contributed by atoms with van der Waals surface area (Å²) in [5.74, 6) is 2.30. The fourth-order valence-electron chi connectivity index (χ4n) is 2.53. The molecule has 1 aromatic heterocycles. The van der Waals surface area contributed by atoms with Crippen molar-refractivity contribution in [1.29, 1.82) is 0 Å². The van der Waals surface area contributed by atoms with E-state index in [2.05, 4.69) is 6.07 Å². The molecular formula is C13H17NO2S2. The van der Waals surface area contributed by atoms with E-state index in [1.165, 1.54) is 16.2 Å². The van der Waals surface area contributed by atoms with Crippen LogP contribution >= 0.6 is 23.1 Å². The summed E-state index contributed by atoms with van der Waals surface area (Å²) in [5, 5.41) is 9.93. The summed E-state index contributed by atoms with van der Waals surface area (Å²) in [6.07, 6.45) is 1.77. The van der Waals surface area contributed by atoms with Gasteiger partial charge >= 0.3 is 0 Å². The number of carbonyl (C=O) groups is 1. The normalized spacial score (nSPS) is 27.3. The van der Waals surface area contributed by atoms with E-state index < -0.39 is 5.60 Å². The number of hydrogen-bond donors (Lipinski definition) is 1. The van der Waals surface area contributed by atoms with E-state index in [0.717, 1.165) is 17.1 Å². The van der Waals surface area contributed by atoms with Crippen molar-refractivity contribution in [2.75, 3.05) is 18.8 Å². The topological polar surface area (TPSA) is 40.5 Å². The first-order valence-electron chi connectivity index (χ1n) is 6.26. The summed E-state index contributed by atoms with van der Waals surface area (Å²) in [7, 11) is 0. The van der Waals surface area contributed by atoms with Crippen LogP contribution < -0.4 is 0 Å². The number of likely N-dealkylation sites (tertiary alicyclic amines) is 1. The highest BCUT2D eigenvalue weighted by molar-refractivity contribution is 7.98. The molecular weight excluding hydrogens is 266 g/mol. The van der Waals surface area contributed by atoms with Crippen molar-refractivity contribution >= 4 is 29.0 Å². The van der Waals surface area contributed by atoms with Crippen LogP contribution in [0.25, 0.3) is 0 Å². The lowest BCUT2D eigenvalue weighted by Crippen LogP contribution is -2.33. The lowest BCUT2D eigenvalue weighted by atomic mass is 10.1. The molecule has 0 bridgehead atoms. The summed E-state index contributed by atoms with van der Waals surface area (Å²) in [5.41, 5.74) is 0.633. The van der Waals surface area contributed by atoms with Crippen LogP contribution in [-0.4, -0.2) is 40.4 Å². The molecule has 5 heteroatoms. The Balaban J connectivity index is 1.78. The molecule has 1 fully saturated rings. The molecule has 18 heavy (non-hydrogen) atoms. The SMILES string of the molecule is CC1(O)CCN(C(=O)c2cc3c(s2)CCSC3)C1. The van der Waals surface area contributed by atoms with Crippen LogP contribution in [0.4, 0.5) is 0 Å². The monoisotopic (exact) mass is 283 g/mol. The fraction of sp³-hybridized carbons (Fsp3) is 0.615. The minimum Gasteiger partial charge on any atom is -0.388 e. The first-order chi connectivity index (χ1) is 8.55. The van der Waals surface area contributed by atoms with Crippen LogP contribution in [-0.2, 0) is 12.2 Å². The van der Waals surface area contributed by atoms with Gasteiger partial charge < -0.3 is 10.0 Å². The number of amides is 1. The van der Waals surface area contributed by atoms with E-state index in [1.54, 1.807) is 23.2 Å². The van der Waals surface area contributed by atoms with Gasteiger partial charge in [-0.05, 0) is 37.1 Å². The number of rotatable bonds is 1. The van der Waals surface area contributed by atoms with Gasteiger partial charge in [0.15, 0.2) is 0 Å². The number of fused-ring (bicyclic) bond motifs is 1. The van der Waals surface area contributed by atoms with Gasteiger partial charge in [-0.2, -0.15) is 11.8 Å². The number of hydrogen-bond acceptors (Lipinski definition) is 4. The maximum atomic E-state index is 12.4. The van der Waals surface area contributed by atoms with Crippen LogP contribution in [0.2, 0.25) is 0 Å². The van der Waals surface area contributed by atoms with Crippen LogP contribution in [0.3, 0.4) is 0 Å². The van der Waals surface area contributed by atoms with E-state index in [-0.39, 0.29) is 5.91 Å². The van der Waals surface area contributed by atoms with Gasteiger partial charge in [-0.25, -0.2) is 0 Å². The zero-order valence-electron chi connectivity index (χ0n) is 10.4. The van der Waals surface area contributed by atoms with Gasteiger partial charge in [0.05, 0.1) is 10.5 Å². The van der Waals surface area contributed by atoms with Crippen molar-refractivity contribution in [3.63, 3.8) is 0 Å². The Hall–Kier alpha value is -0.520. The summed E-state index contributed by atoms with van der Waals surface area (Å²) in [4.78, 5) is 16.4. The molecule has 1 N–H and O–H groups in total. The molecule has 0 radical (unpaired) electrons. The maximum Gasteiger partial charge on any atom is 0.264 e. The first-order valence-corrected chi connectivity index (χ1v) is 8.23. The summed E-state index contributed by atoms with van der Waals surface area (Å²) in [6.45, 7) is 2.93. The number of aliphatic hydroxyl groups is 1. The molecule has 3 nitrogen and oxygen atoms in total. The number of aryl methyl sites for hydroxylation is 1. The molecule has 0 aliphatic carbocycles. The third kappa shape index (κ3) is 2.31. The Morgan fingerprint density at radius 2 is 2.39 bits per heavy atom. The Bertz CT molecular complexity index is 458. The lowest BCUT2D eigenvalue weighted by molar-refractivity contribution is 0.0575. The number of nitrogens with zero attached hydrogens (tertiary/aromatic N) is 1. The number of thioether (sulfide) groups is 1. The lowest BCUT2D eigenvalue weighted by Gasteiger charge is -2.18. The third-order valence-electron chi connectivity index (χ3n) is 3.58. The smallest absolute Gasteiger partial charge is 0.264 e. The van der Waals surface area contributed by atoms with Gasteiger partial charge in [0.25, 0.3) is 5.91 Å². The van der Waals surface area contributed by atoms with Gasteiger partial charge in [0.2, 0.25) is 0 Å². The number of β-amino-alcohol motifs (C(OH)–C–C–N with tert-alkyl or cyclic N) is 1. The number of thiophene rings is 1. The van der Waals surface area contributed by atoms with Crippen molar-refractivity contribution in [1.82, 2.24) is 4.90 Å². The average Bonchev–Trinajstić information content (AvgIpc) is 2.91. The molecule has 0 spiro atoms. The molecule has 3 heterocycles. The fourth-order valence-corrected chi connectivity index (χ4v) is 4.87. The van der Waals surface area contributed by atoms with Gasteiger partial charge in [-0.3, -0.25) is 4.79 Å². The van der Waals surface area contributed by atoms with Gasteiger partial charge in [-0.15, -0.1) is 11.3 Å². The molecule has 0 saturated carbocycles. The first kappa shape index (κ1) is 12.5. The van der Waals surface area contributed by atoms with Gasteiger partial charge in [0.1, 0.15) is 0 Å². The molecule has 3 rings (SSSR count). The highest BCUT2D eigenvalue weighted by Gasteiger charge is 2.35. The molecule has 1 aromatic rings. The maximum absolute atomic E-state index is 12.4. The van der Waals surface area contributed by atoms with Crippen molar-refractivity contribution in [2.45, 2.75) is 31.1 Å². The molecule has 1 unspecified atom stereocenters. The molecule has 2 aliphatic heterocycles.